The van der Waals surface area contributed by atoms with Crippen molar-refractivity contribution in [3.8, 4) is 0 Å². The van der Waals surface area contributed by atoms with E-state index in [0.717, 1.165) is 56.4 Å². The lowest BCUT2D eigenvalue weighted by atomic mass is 10.1. The van der Waals surface area contributed by atoms with E-state index in [0.29, 0.717) is 12.6 Å². The Bertz CT molecular complexity index is 697. The van der Waals surface area contributed by atoms with E-state index in [4.69, 9.17) is 4.99 Å². The Morgan fingerprint density at radius 1 is 1.27 bits per heavy atom. The van der Waals surface area contributed by atoms with E-state index in [-0.39, 0.29) is 24.0 Å². The molecule has 0 amide bonds. The Morgan fingerprint density at radius 3 is 2.85 bits per heavy atom. The van der Waals surface area contributed by atoms with Gasteiger partial charge in [0.15, 0.2) is 11.8 Å². The second-order valence-corrected chi connectivity index (χ2v) is 6.55. The summed E-state index contributed by atoms with van der Waals surface area (Å²) in [6, 6.07) is 11.0. The molecule has 1 aliphatic heterocycles. The molecular weight excluding hydrogens is 439 g/mol. The van der Waals surface area contributed by atoms with E-state index >= 15 is 0 Å². The van der Waals surface area contributed by atoms with Crippen molar-refractivity contribution >= 4 is 29.9 Å². The van der Waals surface area contributed by atoms with Crippen LogP contribution in [0.1, 0.15) is 43.9 Å². The minimum absolute atomic E-state index is 0. The molecule has 0 saturated heterocycles. The molecule has 142 valence electrons. The van der Waals surface area contributed by atoms with Gasteiger partial charge in [-0.1, -0.05) is 30.3 Å². The van der Waals surface area contributed by atoms with Gasteiger partial charge in [0.25, 0.3) is 0 Å². The Balaban J connectivity index is 0.00000243. The van der Waals surface area contributed by atoms with E-state index in [1.54, 1.807) is 0 Å². The Hall–Kier alpha value is -1.64. The normalized spacial score (nSPS) is 14.5. The molecule has 1 aromatic heterocycles. The van der Waals surface area contributed by atoms with Crippen LogP contribution >= 0.6 is 24.0 Å². The van der Waals surface area contributed by atoms with Gasteiger partial charge in [-0.2, -0.15) is 0 Å². The quantitative estimate of drug-likeness (QED) is 0.373. The molecule has 26 heavy (non-hydrogen) atoms. The average molecular weight is 468 g/mol. The maximum atomic E-state index is 4.70. The van der Waals surface area contributed by atoms with Crippen LogP contribution in [0.3, 0.4) is 0 Å². The van der Waals surface area contributed by atoms with Crippen molar-refractivity contribution in [1.29, 1.82) is 0 Å². The second kappa shape index (κ2) is 10.5. The first kappa shape index (κ1) is 20.7. The molecule has 0 bridgehead atoms. The van der Waals surface area contributed by atoms with E-state index in [1.165, 1.54) is 5.56 Å². The van der Waals surface area contributed by atoms with Crippen molar-refractivity contribution in [2.45, 2.75) is 58.7 Å². The fraction of sp³-hybridized carbons (Fsp3) is 0.526. The molecule has 1 aliphatic rings. The highest BCUT2D eigenvalue weighted by Gasteiger charge is 2.16. The molecular formula is C19H29IN6. The first-order valence-corrected chi connectivity index (χ1v) is 9.26. The summed E-state index contributed by atoms with van der Waals surface area (Å²) < 4.78 is 2.20. The molecule has 7 heteroatoms. The summed E-state index contributed by atoms with van der Waals surface area (Å²) in [5, 5.41) is 15.3. The lowest BCUT2D eigenvalue weighted by molar-refractivity contribution is 0.591. The molecule has 1 unspecified atom stereocenters. The summed E-state index contributed by atoms with van der Waals surface area (Å²) in [4.78, 5) is 4.70. The number of aliphatic imine (C=N–C) groups is 1. The summed E-state index contributed by atoms with van der Waals surface area (Å²) in [6.07, 6.45) is 4.32. The lowest BCUT2D eigenvalue weighted by Crippen LogP contribution is -2.42. The number of benzene rings is 1. The number of guanidine groups is 1. The third kappa shape index (κ3) is 5.69. The number of hydrogen-bond donors (Lipinski definition) is 2. The number of halogens is 1. The third-order valence-electron chi connectivity index (χ3n) is 4.50. The molecule has 0 spiro atoms. The average Bonchev–Trinajstić information content (AvgIpc) is 3.23. The van der Waals surface area contributed by atoms with Crippen LogP contribution in [0.4, 0.5) is 0 Å². The van der Waals surface area contributed by atoms with Crippen LogP contribution in [0.5, 0.6) is 0 Å². The monoisotopic (exact) mass is 468 g/mol. The molecule has 1 atom stereocenters. The fourth-order valence-corrected chi connectivity index (χ4v) is 3.13. The molecule has 6 nitrogen and oxygen atoms in total. The Kier molecular flexibility index (Phi) is 8.34. The zero-order valence-electron chi connectivity index (χ0n) is 15.6. The van der Waals surface area contributed by atoms with Gasteiger partial charge in [0.05, 0.1) is 0 Å². The zero-order chi connectivity index (χ0) is 17.5. The van der Waals surface area contributed by atoms with E-state index in [1.807, 2.05) is 0 Å². The van der Waals surface area contributed by atoms with E-state index in [2.05, 4.69) is 69.6 Å². The number of nitrogens with zero attached hydrogens (tertiary/aromatic N) is 4. The van der Waals surface area contributed by atoms with Crippen LogP contribution in [0.2, 0.25) is 0 Å². The van der Waals surface area contributed by atoms with Gasteiger partial charge >= 0.3 is 0 Å². The summed E-state index contributed by atoms with van der Waals surface area (Å²) in [7, 11) is 0. The summed E-state index contributed by atoms with van der Waals surface area (Å²) in [6.45, 7) is 6.71. The highest BCUT2D eigenvalue weighted by Crippen LogP contribution is 2.14. The van der Waals surface area contributed by atoms with Crippen molar-refractivity contribution in [1.82, 2.24) is 25.4 Å². The zero-order valence-corrected chi connectivity index (χ0v) is 17.9. The van der Waals surface area contributed by atoms with Crippen LogP contribution in [-0.2, 0) is 25.9 Å². The summed E-state index contributed by atoms with van der Waals surface area (Å²) >= 11 is 0. The number of aromatic nitrogens is 3. The molecule has 2 aromatic rings. The van der Waals surface area contributed by atoms with Crippen molar-refractivity contribution in [2.24, 2.45) is 4.99 Å². The highest BCUT2D eigenvalue weighted by atomic mass is 127. The van der Waals surface area contributed by atoms with Gasteiger partial charge in [0, 0.05) is 25.6 Å². The number of nitrogens with one attached hydrogen (secondary N) is 2. The minimum Gasteiger partial charge on any atom is -0.357 e. The van der Waals surface area contributed by atoms with Gasteiger partial charge in [-0.05, 0) is 38.7 Å². The molecule has 0 saturated carbocycles. The predicted molar refractivity (Wildman–Crippen MR) is 116 cm³/mol. The third-order valence-corrected chi connectivity index (χ3v) is 4.50. The van der Waals surface area contributed by atoms with Gasteiger partial charge in [-0.25, -0.2) is 4.99 Å². The van der Waals surface area contributed by atoms with Crippen LogP contribution in [0.15, 0.2) is 35.3 Å². The number of fused-ring (bicyclic) bond motifs is 1. The predicted octanol–water partition coefficient (Wildman–Crippen LogP) is 2.92. The van der Waals surface area contributed by atoms with Gasteiger partial charge in [0.1, 0.15) is 12.4 Å². The largest absolute Gasteiger partial charge is 0.357 e. The Morgan fingerprint density at radius 2 is 2.08 bits per heavy atom. The van der Waals surface area contributed by atoms with Gasteiger partial charge in [-0.3, -0.25) is 0 Å². The van der Waals surface area contributed by atoms with Crippen LogP contribution < -0.4 is 10.6 Å². The molecule has 0 radical (unpaired) electrons. The maximum absolute atomic E-state index is 4.70. The second-order valence-electron chi connectivity index (χ2n) is 6.55. The first-order chi connectivity index (χ1) is 12.3. The molecule has 2 heterocycles. The van der Waals surface area contributed by atoms with Gasteiger partial charge in [-0.15, -0.1) is 34.2 Å². The molecule has 1 aromatic carbocycles. The smallest absolute Gasteiger partial charge is 0.191 e. The van der Waals surface area contributed by atoms with Crippen molar-refractivity contribution in [2.75, 3.05) is 6.54 Å². The fourth-order valence-electron chi connectivity index (χ4n) is 3.13. The molecule has 2 N–H and O–H groups in total. The number of rotatable bonds is 7. The lowest BCUT2D eigenvalue weighted by Gasteiger charge is -2.17. The molecule has 0 fully saturated rings. The SMILES string of the molecule is CCNC(=NCc1nnc2n1CCC2)NC(C)CCc1ccccc1.I. The van der Waals surface area contributed by atoms with Crippen LogP contribution in [-0.4, -0.2) is 33.3 Å². The standard InChI is InChI=1S/C19H28N6.HI/c1-3-20-19(21-14-18-24-23-17-10-7-13-25(17)18)22-15(2)11-12-16-8-5-4-6-9-16;/h4-6,8-9,15H,3,7,10-14H2,1-2H3,(H2,20,21,22);1H. The Labute approximate surface area is 172 Å². The highest BCUT2D eigenvalue weighted by molar-refractivity contribution is 14.0. The van der Waals surface area contributed by atoms with E-state index in [9.17, 15) is 0 Å². The van der Waals surface area contributed by atoms with Crippen LogP contribution in [0.25, 0.3) is 0 Å². The molecule has 3 rings (SSSR count). The van der Waals surface area contributed by atoms with Crippen molar-refractivity contribution in [3.05, 3.63) is 47.5 Å². The minimum atomic E-state index is 0. The summed E-state index contributed by atoms with van der Waals surface area (Å²) in [5.74, 6) is 2.90. The van der Waals surface area contributed by atoms with E-state index < -0.39 is 0 Å². The summed E-state index contributed by atoms with van der Waals surface area (Å²) in [5.41, 5.74) is 1.37. The topological polar surface area (TPSA) is 67.1 Å². The number of aryl methyl sites for hydroxylation is 2. The van der Waals surface area contributed by atoms with Crippen LogP contribution in [0, 0.1) is 0 Å². The van der Waals surface area contributed by atoms with Gasteiger partial charge < -0.3 is 15.2 Å². The number of hydrogen-bond acceptors (Lipinski definition) is 3. The van der Waals surface area contributed by atoms with Crippen molar-refractivity contribution in [3.63, 3.8) is 0 Å². The maximum Gasteiger partial charge on any atom is 0.191 e. The van der Waals surface area contributed by atoms with Crippen molar-refractivity contribution < 1.29 is 0 Å². The molecule has 0 aliphatic carbocycles. The van der Waals surface area contributed by atoms with Gasteiger partial charge in [0.2, 0.25) is 0 Å². The first-order valence-electron chi connectivity index (χ1n) is 9.26.